The molecule has 0 aromatic heterocycles. The summed E-state index contributed by atoms with van der Waals surface area (Å²) < 4.78 is 12.5. The maximum absolute atomic E-state index is 12.5. The van der Waals surface area contributed by atoms with Crippen LogP contribution < -0.4 is 5.73 Å². The lowest BCUT2D eigenvalue weighted by atomic mass is 10.2. The van der Waals surface area contributed by atoms with Gasteiger partial charge in [-0.2, -0.15) is 0 Å². The summed E-state index contributed by atoms with van der Waals surface area (Å²) in [6, 6.07) is 2.40. The lowest BCUT2D eigenvalue weighted by Gasteiger charge is -2.00. The summed E-state index contributed by atoms with van der Waals surface area (Å²) in [6.45, 7) is 1.66. The van der Waals surface area contributed by atoms with Gasteiger partial charge in [0, 0.05) is 6.07 Å². The first-order chi connectivity index (χ1) is 4.61. The van der Waals surface area contributed by atoms with E-state index in [1.54, 1.807) is 6.92 Å². The molecule has 1 rings (SSSR count). The average molecular weight is 141 g/mol. The van der Waals surface area contributed by atoms with Crippen LogP contribution in [0, 0.1) is 12.7 Å². The Morgan fingerprint density at radius 2 is 2.10 bits per heavy atom. The third-order valence-corrected chi connectivity index (χ3v) is 1.32. The maximum Gasteiger partial charge on any atom is 0.149 e. The monoisotopic (exact) mass is 141 g/mol. The zero-order valence-electron chi connectivity index (χ0n) is 5.56. The molecule has 0 heterocycles. The van der Waals surface area contributed by atoms with E-state index in [0.29, 0.717) is 5.56 Å². The summed E-state index contributed by atoms with van der Waals surface area (Å²) in [5.74, 6) is -0.644. The number of phenolic OH excluding ortho intramolecular Hbond substituents is 1. The van der Waals surface area contributed by atoms with Gasteiger partial charge in [0.05, 0.1) is 5.69 Å². The Hall–Kier alpha value is -1.25. The highest BCUT2D eigenvalue weighted by molar-refractivity contribution is 5.47. The number of benzene rings is 1. The SMILES string of the molecule is Cc1cc(N)c(F)cc1O. The van der Waals surface area contributed by atoms with Crippen LogP contribution in [-0.2, 0) is 0 Å². The van der Waals surface area contributed by atoms with Gasteiger partial charge in [-0.15, -0.1) is 0 Å². The van der Waals surface area contributed by atoms with Crippen molar-refractivity contribution in [3.05, 3.63) is 23.5 Å². The molecule has 1 aromatic rings. The second-order valence-corrected chi connectivity index (χ2v) is 2.16. The van der Waals surface area contributed by atoms with Crippen LogP contribution in [-0.4, -0.2) is 5.11 Å². The quantitative estimate of drug-likeness (QED) is 0.424. The minimum atomic E-state index is -0.580. The van der Waals surface area contributed by atoms with Gasteiger partial charge in [0.1, 0.15) is 11.6 Å². The molecule has 0 spiro atoms. The molecule has 54 valence electrons. The van der Waals surface area contributed by atoms with Crippen LogP contribution >= 0.6 is 0 Å². The number of nitrogens with two attached hydrogens (primary N) is 1. The first-order valence-corrected chi connectivity index (χ1v) is 2.86. The number of phenols is 1. The van der Waals surface area contributed by atoms with Gasteiger partial charge < -0.3 is 10.8 Å². The molecular weight excluding hydrogens is 133 g/mol. The summed E-state index contributed by atoms with van der Waals surface area (Å²) >= 11 is 0. The number of aromatic hydroxyl groups is 1. The Bertz CT molecular complexity index is 210. The van der Waals surface area contributed by atoms with E-state index in [2.05, 4.69) is 0 Å². The number of hydrogen-bond acceptors (Lipinski definition) is 2. The van der Waals surface area contributed by atoms with E-state index in [4.69, 9.17) is 10.8 Å². The average Bonchev–Trinajstić information content (AvgIpc) is 1.84. The smallest absolute Gasteiger partial charge is 0.149 e. The van der Waals surface area contributed by atoms with Gasteiger partial charge in [-0.05, 0) is 18.6 Å². The van der Waals surface area contributed by atoms with Crippen molar-refractivity contribution in [3.8, 4) is 5.75 Å². The molecule has 0 saturated heterocycles. The lowest BCUT2D eigenvalue weighted by Crippen LogP contribution is -1.90. The van der Waals surface area contributed by atoms with E-state index in [-0.39, 0.29) is 11.4 Å². The molecule has 0 unspecified atom stereocenters. The van der Waals surface area contributed by atoms with Crippen LogP contribution in [0.15, 0.2) is 12.1 Å². The van der Waals surface area contributed by atoms with Gasteiger partial charge in [0.25, 0.3) is 0 Å². The highest BCUT2D eigenvalue weighted by Crippen LogP contribution is 2.21. The Morgan fingerprint density at radius 3 is 2.60 bits per heavy atom. The molecule has 0 amide bonds. The van der Waals surface area contributed by atoms with Gasteiger partial charge in [-0.3, -0.25) is 0 Å². The minimum absolute atomic E-state index is 0.0632. The molecule has 10 heavy (non-hydrogen) atoms. The molecule has 0 aliphatic carbocycles. The molecule has 0 aliphatic heterocycles. The van der Waals surface area contributed by atoms with Gasteiger partial charge >= 0.3 is 0 Å². The summed E-state index contributed by atoms with van der Waals surface area (Å²) in [4.78, 5) is 0. The molecule has 0 aliphatic rings. The first kappa shape index (κ1) is 6.86. The minimum Gasteiger partial charge on any atom is -0.508 e. The first-order valence-electron chi connectivity index (χ1n) is 2.86. The van der Waals surface area contributed by atoms with E-state index < -0.39 is 5.82 Å². The fourth-order valence-electron chi connectivity index (χ4n) is 0.693. The van der Waals surface area contributed by atoms with Crippen LogP contribution in [0.4, 0.5) is 10.1 Å². The second kappa shape index (κ2) is 2.17. The number of aryl methyl sites for hydroxylation is 1. The van der Waals surface area contributed by atoms with Crippen LogP contribution in [0.2, 0.25) is 0 Å². The summed E-state index contributed by atoms with van der Waals surface area (Å²) in [6.07, 6.45) is 0. The van der Waals surface area contributed by atoms with E-state index in [1.807, 2.05) is 0 Å². The van der Waals surface area contributed by atoms with Crippen molar-refractivity contribution < 1.29 is 9.50 Å². The molecule has 3 N–H and O–H groups in total. The van der Waals surface area contributed by atoms with Crippen LogP contribution in [0.3, 0.4) is 0 Å². The van der Waals surface area contributed by atoms with Gasteiger partial charge in [0.15, 0.2) is 0 Å². The van der Waals surface area contributed by atoms with Crippen molar-refractivity contribution >= 4 is 5.69 Å². The Morgan fingerprint density at radius 1 is 1.50 bits per heavy atom. The molecule has 0 saturated carbocycles. The molecule has 1 aromatic carbocycles. The zero-order chi connectivity index (χ0) is 7.72. The normalized spacial score (nSPS) is 9.80. The molecular formula is C7H8FNO. The standard InChI is InChI=1S/C7H8FNO/c1-4-2-6(9)5(8)3-7(4)10/h2-3,10H,9H2,1H3. The number of anilines is 1. The third-order valence-electron chi connectivity index (χ3n) is 1.32. The predicted molar refractivity (Wildman–Crippen MR) is 37.2 cm³/mol. The van der Waals surface area contributed by atoms with Gasteiger partial charge in [-0.25, -0.2) is 4.39 Å². The Kier molecular flexibility index (Phi) is 1.49. The highest BCUT2D eigenvalue weighted by atomic mass is 19.1. The van der Waals surface area contributed by atoms with Crippen LogP contribution in [0.25, 0.3) is 0 Å². The van der Waals surface area contributed by atoms with Crippen molar-refractivity contribution in [3.63, 3.8) is 0 Å². The van der Waals surface area contributed by atoms with E-state index in [0.717, 1.165) is 6.07 Å². The topological polar surface area (TPSA) is 46.2 Å². The molecule has 0 atom stereocenters. The van der Waals surface area contributed by atoms with E-state index in [1.165, 1.54) is 6.07 Å². The second-order valence-electron chi connectivity index (χ2n) is 2.16. The third kappa shape index (κ3) is 1.03. The van der Waals surface area contributed by atoms with E-state index >= 15 is 0 Å². The number of rotatable bonds is 0. The Balaban J connectivity index is 3.28. The van der Waals surface area contributed by atoms with Crippen molar-refractivity contribution in [2.75, 3.05) is 5.73 Å². The lowest BCUT2D eigenvalue weighted by molar-refractivity contribution is 0.465. The number of hydrogen-bond donors (Lipinski definition) is 2. The van der Waals surface area contributed by atoms with Gasteiger partial charge in [-0.1, -0.05) is 0 Å². The van der Waals surface area contributed by atoms with Crippen molar-refractivity contribution in [2.45, 2.75) is 6.92 Å². The molecule has 0 fully saturated rings. The van der Waals surface area contributed by atoms with Gasteiger partial charge in [0.2, 0.25) is 0 Å². The molecule has 2 nitrogen and oxygen atoms in total. The fourth-order valence-corrected chi connectivity index (χ4v) is 0.693. The molecule has 0 radical (unpaired) electrons. The molecule has 3 heteroatoms. The van der Waals surface area contributed by atoms with Crippen molar-refractivity contribution in [2.24, 2.45) is 0 Å². The largest absolute Gasteiger partial charge is 0.508 e. The van der Waals surface area contributed by atoms with Crippen molar-refractivity contribution in [1.29, 1.82) is 0 Å². The zero-order valence-corrected chi connectivity index (χ0v) is 5.56. The maximum atomic E-state index is 12.5. The Labute approximate surface area is 58.1 Å². The molecule has 0 bridgehead atoms. The summed E-state index contributed by atoms with van der Waals surface area (Å²) in [5, 5.41) is 8.93. The number of nitrogen functional groups attached to an aromatic ring is 1. The van der Waals surface area contributed by atoms with Crippen LogP contribution in [0.5, 0.6) is 5.75 Å². The summed E-state index contributed by atoms with van der Waals surface area (Å²) in [7, 11) is 0. The van der Waals surface area contributed by atoms with E-state index in [9.17, 15) is 4.39 Å². The van der Waals surface area contributed by atoms with Crippen LogP contribution in [0.1, 0.15) is 5.56 Å². The number of halogens is 1. The van der Waals surface area contributed by atoms with Crippen molar-refractivity contribution in [1.82, 2.24) is 0 Å². The summed E-state index contributed by atoms with van der Waals surface area (Å²) in [5.41, 5.74) is 5.85. The highest BCUT2D eigenvalue weighted by Gasteiger charge is 2.01. The fraction of sp³-hybridized carbons (Fsp3) is 0.143. The predicted octanol–water partition coefficient (Wildman–Crippen LogP) is 1.42.